The Morgan fingerprint density at radius 2 is 1.50 bits per heavy atom. The molecule has 4 heterocycles. The number of para-hydroxylation sites is 1. The molecule has 1 saturated carbocycles. The summed E-state index contributed by atoms with van der Waals surface area (Å²) in [5, 5.41) is 15.4. The summed E-state index contributed by atoms with van der Waals surface area (Å²) in [4.78, 5) is 4.07. The van der Waals surface area contributed by atoms with Crippen LogP contribution in [0.25, 0.3) is 5.52 Å². The summed E-state index contributed by atoms with van der Waals surface area (Å²) in [6.07, 6.45) is 20.7. The molecule has 2 aliphatic heterocycles. The van der Waals surface area contributed by atoms with Gasteiger partial charge in [0.25, 0.3) is 0 Å². The van der Waals surface area contributed by atoms with E-state index in [1.807, 2.05) is 0 Å². The first-order valence-corrected chi connectivity index (χ1v) is 23.4. The molecule has 6 atom stereocenters. The van der Waals surface area contributed by atoms with Crippen LogP contribution in [0.1, 0.15) is 142 Å². The Morgan fingerprint density at radius 3 is 2.16 bits per heavy atom. The minimum atomic E-state index is -4.30. The molecule has 15 heteroatoms. The van der Waals surface area contributed by atoms with Crippen LogP contribution in [0.5, 0.6) is 5.75 Å². The predicted molar refractivity (Wildman–Crippen MR) is 222 cm³/mol. The van der Waals surface area contributed by atoms with Gasteiger partial charge in [-0.1, -0.05) is 127 Å². The Hall–Kier alpha value is -2.79. The second kappa shape index (κ2) is 20.7. The molecule has 3 aliphatic rings. The van der Waals surface area contributed by atoms with Crippen LogP contribution >= 0.6 is 19.4 Å². The third kappa shape index (κ3) is 10.9. The standard InChI is InChI=1S/C43H63ClN5O8P/c1-4-5-6-7-8-9-10-11-12-13-14-15-16-17-18-21-27-51-28-22-29-52-58(50,55-35-24-20-19-23-33(35)44)56-37-30-42(37)38-39(54-41(2,3)53-38)43(31-45,57-42)36-26-25-34-40(46)47-32-48-49(34)36/h19-20,23-26,32,37-39H,4-18,21-22,27-30H2,1-3H3,(H2,46,47,48)/t37-,38+,39-,42?,43+,58?/m1/s1. The lowest BCUT2D eigenvalue weighted by atomic mass is 9.92. The third-order valence-electron chi connectivity index (χ3n) is 11.4. The van der Waals surface area contributed by atoms with Crippen LogP contribution in [-0.2, 0) is 38.2 Å². The van der Waals surface area contributed by atoms with Crippen LogP contribution in [0, 0.1) is 11.3 Å². The lowest BCUT2D eigenvalue weighted by molar-refractivity contribution is -0.210. The van der Waals surface area contributed by atoms with Crippen molar-refractivity contribution in [2.75, 3.05) is 25.6 Å². The Morgan fingerprint density at radius 1 is 0.879 bits per heavy atom. The molecule has 3 fully saturated rings. The normalized spacial score (nSPS) is 25.5. The number of phosphoric ester groups is 1. The topological polar surface area (TPSA) is 162 Å². The van der Waals surface area contributed by atoms with Gasteiger partial charge in [-0.15, -0.1) is 0 Å². The van der Waals surface area contributed by atoms with Gasteiger partial charge >= 0.3 is 7.82 Å². The van der Waals surface area contributed by atoms with E-state index in [1.54, 1.807) is 50.2 Å². The summed E-state index contributed by atoms with van der Waals surface area (Å²) in [6.45, 7) is 6.98. The van der Waals surface area contributed by atoms with Crippen molar-refractivity contribution in [2.24, 2.45) is 0 Å². The Kier molecular flexibility index (Phi) is 15.9. The number of nitrogen functional groups attached to an aromatic ring is 1. The molecule has 13 nitrogen and oxygen atoms in total. The van der Waals surface area contributed by atoms with Gasteiger partial charge in [-0.05, 0) is 51.0 Å². The van der Waals surface area contributed by atoms with Crippen molar-refractivity contribution >= 4 is 30.8 Å². The average molecular weight is 844 g/mol. The van der Waals surface area contributed by atoms with Crippen molar-refractivity contribution in [3.05, 3.63) is 53.4 Å². The average Bonchev–Trinajstić information content (AvgIpc) is 3.42. The molecule has 58 heavy (non-hydrogen) atoms. The molecule has 1 spiro atoms. The first-order chi connectivity index (χ1) is 28.1. The van der Waals surface area contributed by atoms with Crippen molar-refractivity contribution < 1.29 is 37.1 Å². The van der Waals surface area contributed by atoms with E-state index in [-0.39, 0.29) is 29.6 Å². The van der Waals surface area contributed by atoms with Crippen LogP contribution in [0.4, 0.5) is 5.82 Å². The van der Waals surface area contributed by atoms with Gasteiger partial charge in [-0.2, -0.15) is 10.4 Å². The van der Waals surface area contributed by atoms with Crippen molar-refractivity contribution in [2.45, 2.75) is 172 Å². The molecule has 1 aromatic carbocycles. The number of nitrogens with two attached hydrogens (primary N) is 1. The van der Waals surface area contributed by atoms with Gasteiger partial charge in [0.15, 0.2) is 11.6 Å². The lowest BCUT2D eigenvalue weighted by Crippen LogP contribution is -2.40. The molecule has 320 valence electrons. The minimum Gasteiger partial charge on any atom is -0.402 e. The fraction of sp³-hybridized carbons (Fsp3) is 0.698. The Bertz CT molecular complexity index is 1860. The maximum absolute atomic E-state index is 14.4. The van der Waals surface area contributed by atoms with Crippen LogP contribution in [0.3, 0.4) is 0 Å². The van der Waals surface area contributed by atoms with Gasteiger partial charge in [0.1, 0.15) is 47.6 Å². The number of unbranched alkanes of at least 4 members (excludes halogenated alkanes) is 15. The molecule has 2 aromatic heterocycles. The third-order valence-corrected chi connectivity index (χ3v) is 13.1. The number of anilines is 1. The molecule has 0 amide bonds. The fourth-order valence-electron chi connectivity index (χ4n) is 8.24. The molecule has 2 saturated heterocycles. The summed E-state index contributed by atoms with van der Waals surface area (Å²) in [6, 6.07) is 12.5. The Labute approximate surface area is 349 Å². The zero-order chi connectivity index (χ0) is 41.1. The van der Waals surface area contributed by atoms with E-state index < -0.39 is 43.1 Å². The number of ether oxygens (including phenoxy) is 4. The molecular formula is C43H63ClN5O8P. The highest BCUT2D eigenvalue weighted by Gasteiger charge is 2.80. The van der Waals surface area contributed by atoms with E-state index in [4.69, 9.17) is 49.9 Å². The summed E-state index contributed by atoms with van der Waals surface area (Å²) in [5.41, 5.74) is 4.13. The number of nitrogens with zero attached hydrogens (tertiary/aromatic N) is 4. The first kappa shape index (κ1) is 44.8. The Balaban J connectivity index is 0.953. The fourth-order valence-corrected chi connectivity index (χ4v) is 9.94. The van der Waals surface area contributed by atoms with Crippen LogP contribution < -0.4 is 10.3 Å². The van der Waals surface area contributed by atoms with Gasteiger partial charge in [-0.25, -0.2) is 14.1 Å². The first-order valence-electron chi connectivity index (χ1n) is 21.6. The van der Waals surface area contributed by atoms with Crippen LogP contribution in [0.15, 0.2) is 42.7 Å². The number of halogens is 1. The molecule has 6 rings (SSSR count). The summed E-state index contributed by atoms with van der Waals surface area (Å²) in [7, 11) is -4.30. The lowest BCUT2D eigenvalue weighted by Gasteiger charge is -2.29. The number of phosphoric acid groups is 1. The second-order valence-corrected chi connectivity index (χ2v) is 18.4. The number of hydrogen-bond acceptors (Lipinski definition) is 12. The number of hydrogen-bond donors (Lipinski definition) is 1. The molecule has 2 N–H and O–H groups in total. The molecule has 2 unspecified atom stereocenters. The minimum absolute atomic E-state index is 0.0549. The van der Waals surface area contributed by atoms with Gasteiger partial charge in [0.05, 0.1) is 17.3 Å². The largest absolute Gasteiger partial charge is 0.530 e. The predicted octanol–water partition coefficient (Wildman–Crippen LogP) is 10.6. The highest BCUT2D eigenvalue weighted by Crippen LogP contribution is 2.67. The maximum Gasteiger partial charge on any atom is 0.530 e. The van der Waals surface area contributed by atoms with E-state index in [2.05, 4.69) is 23.1 Å². The quantitative estimate of drug-likeness (QED) is 0.0572. The summed E-state index contributed by atoms with van der Waals surface area (Å²) in [5.74, 6) is -0.657. The van der Waals surface area contributed by atoms with Gasteiger partial charge < -0.3 is 29.2 Å². The molecule has 3 aromatic rings. The zero-order valence-corrected chi connectivity index (χ0v) is 36.2. The van der Waals surface area contributed by atoms with Crippen LogP contribution in [0.2, 0.25) is 5.02 Å². The van der Waals surface area contributed by atoms with Crippen molar-refractivity contribution in [1.29, 1.82) is 5.26 Å². The van der Waals surface area contributed by atoms with E-state index in [1.165, 1.54) is 101 Å². The molecule has 1 aliphatic carbocycles. The molecule has 0 bridgehead atoms. The number of aromatic nitrogens is 3. The van der Waals surface area contributed by atoms with Gasteiger partial charge in [0.2, 0.25) is 5.60 Å². The molecular weight excluding hydrogens is 781 g/mol. The molecule has 0 radical (unpaired) electrons. The number of rotatable bonds is 27. The smallest absolute Gasteiger partial charge is 0.402 e. The van der Waals surface area contributed by atoms with E-state index in [0.29, 0.717) is 30.8 Å². The van der Waals surface area contributed by atoms with Crippen molar-refractivity contribution in [3.63, 3.8) is 0 Å². The number of benzene rings is 1. The van der Waals surface area contributed by atoms with Crippen LogP contribution in [-0.4, -0.2) is 64.1 Å². The monoisotopic (exact) mass is 843 g/mol. The van der Waals surface area contributed by atoms with Crippen molar-refractivity contribution in [1.82, 2.24) is 14.6 Å². The van der Waals surface area contributed by atoms with Gasteiger partial charge in [0, 0.05) is 19.6 Å². The second-order valence-electron chi connectivity index (χ2n) is 16.4. The number of nitriles is 1. The highest BCUT2D eigenvalue weighted by molar-refractivity contribution is 7.49. The van der Waals surface area contributed by atoms with Crippen molar-refractivity contribution in [3.8, 4) is 11.8 Å². The maximum atomic E-state index is 14.4. The highest BCUT2D eigenvalue weighted by atomic mass is 35.5. The number of fused-ring (bicyclic) bond motifs is 3. The van der Waals surface area contributed by atoms with E-state index >= 15 is 0 Å². The SMILES string of the molecule is CCCCCCCCCCCCCCCCCCOCCCOP(=O)(Oc1ccccc1Cl)O[C@@H]1CC12O[C@@](C#N)(c1ccc3c(N)ncnn13)[C@@H]1OC(C)(C)O[C@@H]12. The summed E-state index contributed by atoms with van der Waals surface area (Å²) < 4.78 is 59.3. The zero-order valence-electron chi connectivity index (χ0n) is 34.6. The van der Waals surface area contributed by atoms with E-state index in [0.717, 1.165) is 12.8 Å². The van der Waals surface area contributed by atoms with E-state index in [9.17, 15) is 9.83 Å². The summed E-state index contributed by atoms with van der Waals surface area (Å²) >= 11 is 6.41. The van der Waals surface area contributed by atoms with Gasteiger partial charge in [-0.3, -0.25) is 9.05 Å².